The Morgan fingerprint density at radius 3 is 2.47 bits per heavy atom. The lowest BCUT2D eigenvalue weighted by Crippen LogP contribution is -2.28. The summed E-state index contributed by atoms with van der Waals surface area (Å²) in [6.45, 7) is 7.43. The van der Waals surface area contributed by atoms with E-state index in [2.05, 4.69) is 25.1 Å². The fourth-order valence-electron chi connectivity index (χ4n) is 4.24. The normalized spacial score (nSPS) is 29.2. The topological polar surface area (TPSA) is 26.3 Å². The molecular weight excluding hydrogens is 413 g/mol. The Bertz CT molecular complexity index is 899. The SMILES string of the molecule is CC(OC(=O)C1C(C=C(Cl)C(F)(F)F)C1(C)C)C1=CC=CC(C)(c2ccccc2)C1. The molecule has 0 aromatic heterocycles. The maximum Gasteiger partial charge on any atom is 0.426 e. The molecule has 162 valence electrons. The summed E-state index contributed by atoms with van der Waals surface area (Å²) >= 11 is 5.37. The van der Waals surface area contributed by atoms with Gasteiger partial charge in [0, 0.05) is 5.41 Å². The van der Waals surface area contributed by atoms with Crippen LogP contribution in [0.25, 0.3) is 0 Å². The third-order valence-corrected chi connectivity index (χ3v) is 6.70. The first kappa shape index (κ1) is 22.7. The first-order chi connectivity index (χ1) is 13.9. The van der Waals surface area contributed by atoms with Crippen molar-refractivity contribution in [1.82, 2.24) is 0 Å². The summed E-state index contributed by atoms with van der Waals surface area (Å²) < 4.78 is 43.9. The smallest absolute Gasteiger partial charge is 0.426 e. The van der Waals surface area contributed by atoms with Crippen molar-refractivity contribution in [3.8, 4) is 0 Å². The minimum atomic E-state index is -4.61. The second kappa shape index (κ2) is 7.92. The van der Waals surface area contributed by atoms with Crippen LogP contribution in [-0.2, 0) is 14.9 Å². The van der Waals surface area contributed by atoms with Gasteiger partial charge in [-0.2, -0.15) is 13.2 Å². The second-order valence-electron chi connectivity index (χ2n) is 8.98. The highest BCUT2D eigenvalue weighted by atomic mass is 35.5. The molecule has 0 aliphatic heterocycles. The number of carbonyl (C=O) groups is 1. The molecule has 0 N–H and O–H groups in total. The molecule has 6 heteroatoms. The van der Waals surface area contributed by atoms with Crippen molar-refractivity contribution in [2.75, 3.05) is 0 Å². The van der Waals surface area contributed by atoms with Crippen LogP contribution in [0.4, 0.5) is 13.2 Å². The molecule has 4 atom stereocenters. The van der Waals surface area contributed by atoms with Crippen LogP contribution in [-0.4, -0.2) is 18.2 Å². The van der Waals surface area contributed by atoms with E-state index in [-0.39, 0.29) is 5.41 Å². The largest absolute Gasteiger partial charge is 0.458 e. The highest BCUT2D eigenvalue weighted by molar-refractivity contribution is 6.30. The lowest BCUT2D eigenvalue weighted by Gasteiger charge is -2.32. The number of allylic oxidation sites excluding steroid dienone is 5. The average Bonchev–Trinajstić information content (AvgIpc) is 3.21. The number of rotatable bonds is 5. The van der Waals surface area contributed by atoms with Crippen LogP contribution < -0.4 is 0 Å². The standard InChI is InChI=1S/C24H26ClF3O2/c1-15(16-9-8-12-23(4,14-16)17-10-6-5-7-11-17)30-21(29)20-18(22(20,2)3)13-19(25)24(26,27)28/h5-13,15,18,20H,14H2,1-4H3. The number of alkyl halides is 3. The molecule has 30 heavy (non-hydrogen) atoms. The Labute approximate surface area is 180 Å². The fourth-order valence-corrected chi connectivity index (χ4v) is 4.37. The molecule has 1 aromatic carbocycles. The van der Waals surface area contributed by atoms with Crippen molar-refractivity contribution in [2.45, 2.75) is 51.8 Å². The molecule has 0 saturated heterocycles. The Hall–Kier alpha value is -2.01. The predicted octanol–water partition coefficient (Wildman–Crippen LogP) is 6.72. The Balaban J connectivity index is 1.68. The first-order valence-corrected chi connectivity index (χ1v) is 10.3. The number of benzene rings is 1. The summed E-state index contributed by atoms with van der Waals surface area (Å²) in [7, 11) is 0. The van der Waals surface area contributed by atoms with E-state index in [4.69, 9.17) is 16.3 Å². The zero-order valence-corrected chi connectivity index (χ0v) is 18.2. The number of hydrogen-bond donors (Lipinski definition) is 0. The van der Waals surface area contributed by atoms with Crippen molar-refractivity contribution < 1.29 is 22.7 Å². The van der Waals surface area contributed by atoms with E-state index in [0.29, 0.717) is 6.42 Å². The summed E-state index contributed by atoms with van der Waals surface area (Å²) in [4.78, 5) is 12.7. The number of esters is 1. The van der Waals surface area contributed by atoms with Crippen LogP contribution in [0, 0.1) is 17.3 Å². The number of ether oxygens (including phenoxy) is 1. The highest BCUT2D eigenvalue weighted by Gasteiger charge is 2.62. The van der Waals surface area contributed by atoms with Crippen LogP contribution >= 0.6 is 11.6 Å². The molecule has 3 rings (SSSR count). The number of carbonyl (C=O) groups excluding carboxylic acids is 1. The van der Waals surface area contributed by atoms with E-state index in [1.807, 2.05) is 30.4 Å². The second-order valence-corrected chi connectivity index (χ2v) is 9.38. The number of halogens is 4. The maximum absolute atomic E-state index is 12.8. The third kappa shape index (κ3) is 4.51. The molecule has 0 heterocycles. The predicted molar refractivity (Wildman–Crippen MR) is 112 cm³/mol. The van der Waals surface area contributed by atoms with Crippen LogP contribution in [0.3, 0.4) is 0 Å². The Morgan fingerprint density at radius 1 is 1.23 bits per heavy atom. The fraction of sp³-hybridized carbons (Fsp3) is 0.458. The summed E-state index contributed by atoms with van der Waals surface area (Å²) in [5.74, 6) is -1.73. The monoisotopic (exact) mass is 438 g/mol. The molecule has 0 amide bonds. The van der Waals surface area contributed by atoms with Crippen LogP contribution in [0.2, 0.25) is 0 Å². The zero-order chi connectivity index (χ0) is 22.3. The van der Waals surface area contributed by atoms with Gasteiger partial charge in [-0.15, -0.1) is 0 Å². The van der Waals surface area contributed by atoms with E-state index in [0.717, 1.165) is 11.6 Å². The van der Waals surface area contributed by atoms with Gasteiger partial charge >= 0.3 is 12.1 Å². The van der Waals surface area contributed by atoms with Gasteiger partial charge in [0.25, 0.3) is 0 Å². The van der Waals surface area contributed by atoms with Crippen molar-refractivity contribution in [2.24, 2.45) is 17.3 Å². The quantitative estimate of drug-likeness (QED) is 0.477. The Kier molecular flexibility index (Phi) is 5.98. The molecule has 0 bridgehead atoms. The van der Waals surface area contributed by atoms with E-state index >= 15 is 0 Å². The van der Waals surface area contributed by atoms with E-state index < -0.39 is 40.5 Å². The summed E-state index contributed by atoms with van der Waals surface area (Å²) in [5, 5.41) is -1.19. The van der Waals surface area contributed by atoms with Gasteiger partial charge in [0.15, 0.2) is 0 Å². The molecule has 1 aromatic rings. The van der Waals surface area contributed by atoms with Crippen LogP contribution in [0.5, 0.6) is 0 Å². The van der Waals surface area contributed by atoms with Crippen molar-refractivity contribution >= 4 is 17.6 Å². The average molecular weight is 439 g/mol. The molecule has 2 nitrogen and oxygen atoms in total. The van der Waals surface area contributed by atoms with E-state index in [1.165, 1.54) is 5.56 Å². The van der Waals surface area contributed by atoms with Crippen molar-refractivity contribution in [3.63, 3.8) is 0 Å². The molecule has 2 aliphatic carbocycles. The van der Waals surface area contributed by atoms with Gasteiger partial charge in [-0.05, 0) is 35.8 Å². The molecule has 2 aliphatic rings. The zero-order valence-electron chi connectivity index (χ0n) is 17.5. The van der Waals surface area contributed by atoms with Gasteiger partial charge in [-0.25, -0.2) is 0 Å². The highest BCUT2D eigenvalue weighted by Crippen LogP contribution is 2.60. The lowest BCUT2D eigenvalue weighted by atomic mass is 9.74. The molecule has 1 saturated carbocycles. The van der Waals surface area contributed by atoms with Gasteiger partial charge in [0.05, 0.1) is 5.92 Å². The minimum absolute atomic E-state index is 0.212. The van der Waals surface area contributed by atoms with Crippen molar-refractivity contribution in [1.29, 1.82) is 0 Å². The maximum atomic E-state index is 12.8. The molecular formula is C24H26ClF3O2. The van der Waals surface area contributed by atoms with Gasteiger partial charge in [0.2, 0.25) is 0 Å². The number of hydrogen-bond acceptors (Lipinski definition) is 2. The summed E-state index contributed by atoms with van der Waals surface area (Å²) in [6.07, 6.45) is 2.59. The van der Waals surface area contributed by atoms with E-state index in [9.17, 15) is 18.0 Å². The first-order valence-electron chi connectivity index (χ1n) is 9.95. The van der Waals surface area contributed by atoms with Crippen LogP contribution in [0.1, 0.15) is 39.7 Å². The van der Waals surface area contributed by atoms with Crippen molar-refractivity contribution in [3.05, 3.63) is 70.8 Å². The summed E-state index contributed by atoms with van der Waals surface area (Å²) in [5.41, 5.74) is 1.30. The van der Waals surface area contributed by atoms with Gasteiger partial charge in [-0.1, -0.05) is 87.0 Å². The summed E-state index contributed by atoms with van der Waals surface area (Å²) in [6, 6.07) is 10.1. The molecule has 1 fully saturated rings. The lowest BCUT2D eigenvalue weighted by molar-refractivity contribution is -0.149. The minimum Gasteiger partial charge on any atom is -0.458 e. The van der Waals surface area contributed by atoms with E-state index in [1.54, 1.807) is 20.8 Å². The molecule has 0 radical (unpaired) electrons. The molecule has 4 unspecified atom stereocenters. The Morgan fingerprint density at radius 2 is 1.87 bits per heavy atom. The van der Waals surface area contributed by atoms with Gasteiger partial charge in [0.1, 0.15) is 11.1 Å². The third-order valence-electron chi connectivity index (χ3n) is 6.36. The molecule has 0 spiro atoms. The van der Waals surface area contributed by atoms with Crippen LogP contribution in [0.15, 0.2) is 65.2 Å². The van der Waals surface area contributed by atoms with Gasteiger partial charge < -0.3 is 4.74 Å². The van der Waals surface area contributed by atoms with Gasteiger partial charge in [-0.3, -0.25) is 4.79 Å².